The number of carbonyl (C=O) groups excluding carboxylic acids is 2. The molecule has 8 nitrogen and oxygen atoms in total. The Hall–Kier alpha value is -2.78. The van der Waals surface area contributed by atoms with Crippen LogP contribution in [0.2, 0.25) is 0 Å². The normalized spacial score (nSPS) is 13.4. The number of hydrogen-bond acceptors (Lipinski definition) is 7. The molecule has 3 rings (SSSR count). The summed E-state index contributed by atoms with van der Waals surface area (Å²) in [5, 5.41) is 3.38. The summed E-state index contributed by atoms with van der Waals surface area (Å²) in [7, 11) is 0. The number of carbonyl (C=O) groups is 2. The number of anilines is 1. The first-order valence-corrected chi connectivity index (χ1v) is 11.8. The first kappa shape index (κ1) is 23.9. The van der Waals surface area contributed by atoms with E-state index in [9.17, 15) is 9.59 Å². The number of rotatable bonds is 10. The number of nitrogens with one attached hydrogen (secondary N) is 1. The second kappa shape index (κ2) is 10.7. The molecule has 0 saturated heterocycles. The Bertz CT molecular complexity index is 961. The predicted molar refractivity (Wildman–Crippen MR) is 125 cm³/mol. The molecule has 174 valence electrons. The van der Waals surface area contributed by atoms with Gasteiger partial charge in [0.15, 0.2) is 11.5 Å². The molecule has 0 bridgehead atoms. The number of fused-ring (bicyclic) bond motifs is 1. The number of benzene rings is 1. The molecule has 1 aromatic heterocycles. The SMILES string of the molecule is CCOc1cc(C(=O)Nc2sc3c(c2C(N)=O)CCN(CC)C3)cc(OCC)c1OCC. The van der Waals surface area contributed by atoms with Crippen LogP contribution in [0.5, 0.6) is 17.2 Å². The second-order valence-corrected chi connectivity index (χ2v) is 8.35. The lowest BCUT2D eigenvalue weighted by Crippen LogP contribution is -2.30. The van der Waals surface area contributed by atoms with Crippen LogP contribution >= 0.6 is 11.3 Å². The number of thiophene rings is 1. The van der Waals surface area contributed by atoms with Crippen molar-refractivity contribution in [3.05, 3.63) is 33.7 Å². The van der Waals surface area contributed by atoms with Crippen LogP contribution in [-0.4, -0.2) is 49.6 Å². The highest BCUT2D eigenvalue weighted by Gasteiger charge is 2.28. The molecule has 2 aromatic rings. The van der Waals surface area contributed by atoms with E-state index in [0.717, 1.165) is 36.5 Å². The van der Waals surface area contributed by atoms with Crippen LogP contribution in [-0.2, 0) is 13.0 Å². The van der Waals surface area contributed by atoms with Gasteiger partial charge in [-0.1, -0.05) is 6.92 Å². The molecule has 9 heteroatoms. The third-order valence-electron chi connectivity index (χ3n) is 5.23. The molecule has 1 aliphatic rings. The quantitative estimate of drug-likeness (QED) is 0.560. The second-order valence-electron chi connectivity index (χ2n) is 7.25. The number of ether oxygens (including phenoxy) is 3. The number of likely N-dealkylation sites (N-methyl/N-ethyl adjacent to an activating group) is 1. The van der Waals surface area contributed by atoms with Crippen molar-refractivity contribution < 1.29 is 23.8 Å². The summed E-state index contributed by atoms with van der Waals surface area (Å²) in [5.74, 6) is 0.439. The van der Waals surface area contributed by atoms with E-state index in [1.807, 2.05) is 20.8 Å². The number of primary amides is 1. The molecule has 0 spiro atoms. The minimum absolute atomic E-state index is 0.345. The Morgan fingerprint density at radius 1 is 1.06 bits per heavy atom. The van der Waals surface area contributed by atoms with E-state index in [2.05, 4.69) is 17.1 Å². The maximum absolute atomic E-state index is 13.2. The van der Waals surface area contributed by atoms with Gasteiger partial charge in [-0.2, -0.15) is 0 Å². The summed E-state index contributed by atoms with van der Waals surface area (Å²) in [6, 6.07) is 3.26. The Balaban J connectivity index is 1.96. The lowest BCUT2D eigenvalue weighted by atomic mass is 10.0. The molecule has 0 aliphatic carbocycles. The predicted octanol–water partition coefficient (Wildman–Crippen LogP) is 3.67. The zero-order valence-corrected chi connectivity index (χ0v) is 19.9. The average molecular weight is 462 g/mol. The smallest absolute Gasteiger partial charge is 0.256 e. The molecule has 3 N–H and O–H groups in total. The summed E-state index contributed by atoms with van der Waals surface area (Å²) in [5.41, 5.74) is 7.39. The topological polar surface area (TPSA) is 103 Å². The summed E-state index contributed by atoms with van der Waals surface area (Å²) >= 11 is 1.41. The van der Waals surface area contributed by atoms with E-state index in [4.69, 9.17) is 19.9 Å². The third-order valence-corrected chi connectivity index (χ3v) is 6.36. The molecule has 0 atom stereocenters. The molecule has 2 amide bonds. The molecule has 0 fully saturated rings. The molecule has 0 unspecified atom stereocenters. The van der Waals surface area contributed by atoms with Crippen LogP contribution in [0, 0.1) is 0 Å². The molecule has 1 aliphatic heterocycles. The molecule has 1 aromatic carbocycles. The van der Waals surface area contributed by atoms with Crippen LogP contribution in [0.25, 0.3) is 0 Å². The molecular formula is C23H31N3O5S. The van der Waals surface area contributed by atoms with E-state index < -0.39 is 5.91 Å². The number of nitrogens with zero attached hydrogens (tertiary/aromatic N) is 1. The highest BCUT2D eigenvalue weighted by Crippen LogP contribution is 2.40. The molecular weight excluding hydrogens is 430 g/mol. The molecule has 0 saturated carbocycles. The molecule has 0 radical (unpaired) electrons. The standard InChI is InChI=1S/C23H31N3O5S/c1-5-26-10-9-15-18(13-26)32-23(19(15)21(24)27)25-22(28)14-11-16(29-6-2)20(31-8-4)17(12-14)30-7-3/h11-12H,5-10,13H2,1-4H3,(H2,24,27)(H,25,28). The van der Waals surface area contributed by atoms with Crippen molar-refractivity contribution in [3.8, 4) is 17.2 Å². The lowest BCUT2D eigenvalue weighted by molar-refractivity contribution is 0.1000. The van der Waals surface area contributed by atoms with E-state index >= 15 is 0 Å². The summed E-state index contributed by atoms with van der Waals surface area (Å²) in [4.78, 5) is 28.8. The van der Waals surface area contributed by atoms with Crippen molar-refractivity contribution in [2.24, 2.45) is 5.73 Å². The van der Waals surface area contributed by atoms with Crippen LogP contribution < -0.4 is 25.3 Å². The van der Waals surface area contributed by atoms with Gasteiger partial charge in [-0.3, -0.25) is 14.5 Å². The fourth-order valence-corrected chi connectivity index (χ4v) is 5.06. The van der Waals surface area contributed by atoms with Gasteiger partial charge in [0.25, 0.3) is 11.8 Å². The van der Waals surface area contributed by atoms with Gasteiger partial charge in [0.1, 0.15) is 5.00 Å². The fraction of sp³-hybridized carbons (Fsp3) is 0.478. The number of amides is 2. The van der Waals surface area contributed by atoms with Crippen molar-refractivity contribution in [3.63, 3.8) is 0 Å². The van der Waals surface area contributed by atoms with Gasteiger partial charge in [0.2, 0.25) is 5.75 Å². The van der Waals surface area contributed by atoms with Gasteiger partial charge in [-0.15, -0.1) is 11.3 Å². The minimum Gasteiger partial charge on any atom is -0.490 e. The summed E-state index contributed by atoms with van der Waals surface area (Å²) in [6.45, 7) is 11.5. The Morgan fingerprint density at radius 3 is 2.22 bits per heavy atom. The largest absolute Gasteiger partial charge is 0.490 e. The van der Waals surface area contributed by atoms with Gasteiger partial charge in [0, 0.05) is 23.5 Å². The van der Waals surface area contributed by atoms with E-state index in [1.165, 1.54) is 11.3 Å². The van der Waals surface area contributed by atoms with Gasteiger partial charge < -0.3 is 25.3 Å². The molecule has 2 heterocycles. The van der Waals surface area contributed by atoms with Gasteiger partial charge >= 0.3 is 0 Å². The zero-order valence-electron chi connectivity index (χ0n) is 19.1. The lowest BCUT2D eigenvalue weighted by Gasteiger charge is -2.25. The highest BCUT2D eigenvalue weighted by atomic mass is 32.1. The first-order chi connectivity index (χ1) is 15.4. The van der Waals surface area contributed by atoms with Crippen molar-refractivity contribution in [2.75, 3.05) is 38.2 Å². The van der Waals surface area contributed by atoms with Crippen molar-refractivity contribution in [1.82, 2.24) is 4.90 Å². The number of hydrogen-bond donors (Lipinski definition) is 2. The summed E-state index contributed by atoms with van der Waals surface area (Å²) < 4.78 is 17.1. The third kappa shape index (κ3) is 4.99. The van der Waals surface area contributed by atoms with Crippen LogP contribution in [0.15, 0.2) is 12.1 Å². The number of nitrogens with two attached hydrogens (primary N) is 1. The fourth-order valence-electron chi connectivity index (χ4n) is 3.77. The molecule has 32 heavy (non-hydrogen) atoms. The van der Waals surface area contributed by atoms with E-state index in [-0.39, 0.29) is 5.91 Å². The maximum atomic E-state index is 13.2. The van der Waals surface area contributed by atoms with Crippen LogP contribution in [0.4, 0.5) is 5.00 Å². The van der Waals surface area contributed by atoms with Crippen molar-refractivity contribution in [1.29, 1.82) is 0 Å². The minimum atomic E-state index is -0.528. The van der Waals surface area contributed by atoms with Crippen molar-refractivity contribution >= 4 is 28.2 Å². The monoisotopic (exact) mass is 461 g/mol. The first-order valence-electron chi connectivity index (χ1n) is 11.0. The van der Waals surface area contributed by atoms with Gasteiger partial charge in [-0.25, -0.2) is 0 Å². The van der Waals surface area contributed by atoms with E-state index in [1.54, 1.807) is 12.1 Å². The Labute approximate surface area is 192 Å². The van der Waals surface area contributed by atoms with Gasteiger partial charge in [-0.05, 0) is 51.4 Å². The van der Waals surface area contributed by atoms with Crippen molar-refractivity contribution in [2.45, 2.75) is 40.7 Å². The van der Waals surface area contributed by atoms with E-state index in [0.29, 0.717) is 53.2 Å². The maximum Gasteiger partial charge on any atom is 0.256 e. The van der Waals surface area contributed by atoms with Crippen LogP contribution in [0.1, 0.15) is 58.9 Å². The summed E-state index contributed by atoms with van der Waals surface area (Å²) in [6.07, 6.45) is 0.736. The highest BCUT2D eigenvalue weighted by molar-refractivity contribution is 7.17. The Kier molecular flexibility index (Phi) is 7.98. The Morgan fingerprint density at radius 2 is 1.69 bits per heavy atom. The van der Waals surface area contributed by atoms with Crippen LogP contribution in [0.3, 0.4) is 0 Å². The average Bonchev–Trinajstić information content (AvgIpc) is 3.13. The van der Waals surface area contributed by atoms with Gasteiger partial charge in [0.05, 0.1) is 25.4 Å². The zero-order chi connectivity index (χ0) is 23.3.